The first-order valence-electron chi connectivity index (χ1n) is 6.79. The molecular formula is C18H16N2O. The maximum absolute atomic E-state index is 5.40. The second kappa shape index (κ2) is 6.09. The molecule has 3 rings (SSSR count). The van der Waals surface area contributed by atoms with E-state index >= 15 is 0 Å². The average molecular weight is 276 g/mol. The van der Waals surface area contributed by atoms with Crippen LogP contribution in [0.25, 0.3) is 11.3 Å². The minimum atomic E-state index is 0.810. The molecule has 0 atom stereocenters. The van der Waals surface area contributed by atoms with E-state index in [1.807, 2.05) is 72.8 Å². The van der Waals surface area contributed by atoms with Crippen LogP contribution in [0.3, 0.4) is 0 Å². The van der Waals surface area contributed by atoms with Gasteiger partial charge in [-0.3, -0.25) is 0 Å². The molecule has 1 heterocycles. The third kappa shape index (κ3) is 3.03. The number of ether oxygens (including phenoxy) is 1. The van der Waals surface area contributed by atoms with Crippen LogP contribution in [-0.2, 0) is 0 Å². The van der Waals surface area contributed by atoms with Crippen molar-refractivity contribution in [2.75, 3.05) is 12.4 Å². The number of hydrogen-bond acceptors (Lipinski definition) is 3. The van der Waals surface area contributed by atoms with E-state index in [0.717, 1.165) is 28.5 Å². The van der Waals surface area contributed by atoms with E-state index < -0.39 is 0 Å². The van der Waals surface area contributed by atoms with Crippen LogP contribution in [0, 0.1) is 0 Å². The molecular weight excluding hydrogens is 260 g/mol. The molecule has 1 N–H and O–H groups in total. The molecule has 0 aliphatic rings. The van der Waals surface area contributed by atoms with Gasteiger partial charge < -0.3 is 10.1 Å². The van der Waals surface area contributed by atoms with E-state index in [1.54, 1.807) is 7.11 Å². The second-order valence-electron chi connectivity index (χ2n) is 4.60. The van der Waals surface area contributed by atoms with Crippen molar-refractivity contribution in [3.8, 4) is 17.0 Å². The summed E-state index contributed by atoms with van der Waals surface area (Å²) in [6.45, 7) is 0. The molecule has 104 valence electrons. The SMILES string of the molecule is COc1ccccc1-c1cccc(Nc2ccccc2)n1. The predicted octanol–water partition coefficient (Wildman–Crippen LogP) is 4.50. The van der Waals surface area contributed by atoms with Gasteiger partial charge in [-0.25, -0.2) is 4.98 Å². The zero-order valence-corrected chi connectivity index (χ0v) is 11.8. The van der Waals surface area contributed by atoms with Crippen LogP contribution in [0.5, 0.6) is 5.75 Å². The van der Waals surface area contributed by atoms with Gasteiger partial charge in [0.2, 0.25) is 0 Å². The van der Waals surface area contributed by atoms with Crippen molar-refractivity contribution in [3.05, 3.63) is 72.8 Å². The fourth-order valence-corrected chi connectivity index (χ4v) is 2.18. The van der Waals surface area contributed by atoms with Crippen molar-refractivity contribution < 1.29 is 4.74 Å². The molecule has 0 radical (unpaired) electrons. The van der Waals surface area contributed by atoms with E-state index in [1.165, 1.54) is 0 Å². The highest BCUT2D eigenvalue weighted by atomic mass is 16.5. The first-order valence-corrected chi connectivity index (χ1v) is 6.79. The Balaban J connectivity index is 1.93. The highest BCUT2D eigenvalue weighted by Crippen LogP contribution is 2.29. The zero-order chi connectivity index (χ0) is 14.5. The third-order valence-electron chi connectivity index (χ3n) is 3.18. The Labute approximate surface area is 124 Å². The number of benzene rings is 2. The molecule has 1 aromatic heterocycles. The second-order valence-corrected chi connectivity index (χ2v) is 4.60. The van der Waals surface area contributed by atoms with E-state index in [0.29, 0.717) is 0 Å². The molecule has 0 saturated carbocycles. The van der Waals surface area contributed by atoms with Gasteiger partial charge in [-0.1, -0.05) is 36.4 Å². The fourth-order valence-electron chi connectivity index (χ4n) is 2.18. The smallest absolute Gasteiger partial charge is 0.131 e. The summed E-state index contributed by atoms with van der Waals surface area (Å²) < 4.78 is 5.40. The maximum atomic E-state index is 5.40. The number of pyridine rings is 1. The van der Waals surface area contributed by atoms with Gasteiger partial charge in [0, 0.05) is 11.3 Å². The Hall–Kier alpha value is -2.81. The number of methoxy groups -OCH3 is 1. The number of nitrogens with one attached hydrogen (secondary N) is 1. The van der Waals surface area contributed by atoms with E-state index in [-0.39, 0.29) is 0 Å². The topological polar surface area (TPSA) is 34.1 Å². The normalized spacial score (nSPS) is 10.1. The lowest BCUT2D eigenvalue weighted by Crippen LogP contribution is -1.95. The lowest BCUT2D eigenvalue weighted by Gasteiger charge is -2.10. The number of aromatic nitrogens is 1. The summed E-state index contributed by atoms with van der Waals surface area (Å²) in [6.07, 6.45) is 0. The minimum Gasteiger partial charge on any atom is -0.496 e. The number of anilines is 2. The van der Waals surface area contributed by atoms with E-state index in [4.69, 9.17) is 4.74 Å². The summed E-state index contributed by atoms with van der Waals surface area (Å²) in [5, 5.41) is 3.30. The number of hydrogen-bond donors (Lipinski definition) is 1. The van der Waals surface area contributed by atoms with Crippen molar-refractivity contribution in [2.45, 2.75) is 0 Å². The summed E-state index contributed by atoms with van der Waals surface area (Å²) >= 11 is 0. The van der Waals surface area contributed by atoms with Gasteiger partial charge in [0.15, 0.2) is 0 Å². The quantitative estimate of drug-likeness (QED) is 0.761. The summed E-state index contributed by atoms with van der Waals surface area (Å²) in [5.41, 5.74) is 2.88. The number of rotatable bonds is 4. The van der Waals surface area contributed by atoms with Crippen molar-refractivity contribution in [2.24, 2.45) is 0 Å². The Bertz CT molecular complexity index is 726. The first kappa shape index (κ1) is 13.2. The van der Waals surface area contributed by atoms with Crippen LogP contribution in [0.1, 0.15) is 0 Å². The van der Waals surface area contributed by atoms with Gasteiger partial charge in [-0.2, -0.15) is 0 Å². The maximum Gasteiger partial charge on any atom is 0.131 e. The van der Waals surface area contributed by atoms with Gasteiger partial charge in [-0.05, 0) is 36.4 Å². The van der Waals surface area contributed by atoms with Gasteiger partial charge in [-0.15, -0.1) is 0 Å². The van der Waals surface area contributed by atoms with Crippen molar-refractivity contribution in [3.63, 3.8) is 0 Å². The van der Waals surface area contributed by atoms with Crippen molar-refractivity contribution >= 4 is 11.5 Å². The third-order valence-corrected chi connectivity index (χ3v) is 3.18. The molecule has 2 aromatic carbocycles. The van der Waals surface area contributed by atoms with Gasteiger partial charge in [0.25, 0.3) is 0 Å². The Morgan fingerprint density at radius 3 is 2.38 bits per heavy atom. The number of para-hydroxylation sites is 2. The molecule has 0 amide bonds. The molecule has 0 saturated heterocycles. The van der Waals surface area contributed by atoms with Gasteiger partial charge in [0.1, 0.15) is 11.6 Å². The summed E-state index contributed by atoms with van der Waals surface area (Å²) in [4.78, 5) is 4.66. The highest BCUT2D eigenvalue weighted by molar-refractivity contribution is 5.69. The van der Waals surface area contributed by atoms with Crippen molar-refractivity contribution in [1.29, 1.82) is 0 Å². The molecule has 0 fully saturated rings. The number of nitrogens with zero attached hydrogens (tertiary/aromatic N) is 1. The molecule has 0 aliphatic carbocycles. The predicted molar refractivity (Wildman–Crippen MR) is 85.9 cm³/mol. The molecule has 0 unspecified atom stereocenters. The molecule has 21 heavy (non-hydrogen) atoms. The fraction of sp³-hybridized carbons (Fsp3) is 0.0556. The summed E-state index contributed by atoms with van der Waals surface area (Å²) in [5.74, 6) is 1.63. The first-order chi connectivity index (χ1) is 10.4. The lowest BCUT2D eigenvalue weighted by atomic mass is 10.1. The average Bonchev–Trinajstić information content (AvgIpc) is 2.56. The molecule has 3 nitrogen and oxygen atoms in total. The van der Waals surface area contributed by atoms with Crippen LogP contribution < -0.4 is 10.1 Å². The minimum absolute atomic E-state index is 0.810. The highest BCUT2D eigenvalue weighted by Gasteiger charge is 2.06. The Kier molecular flexibility index (Phi) is 3.83. The Morgan fingerprint density at radius 1 is 0.810 bits per heavy atom. The molecule has 0 bridgehead atoms. The zero-order valence-electron chi connectivity index (χ0n) is 11.8. The van der Waals surface area contributed by atoms with Crippen LogP contribution in [0.4, 0.5) is 11.5 Å². The van der Waals surface area contributed by atoms with Crippen LogP contribution >= 0.6 is 0 Å². The van der Waals surface area contributed by atoms with E-state index in [2.05, 4.69) is 10.3 Å². The van der Waals surface area contributed by atoms with Crippen molar-refractivity contribution in [1.82, 2.24) is 4.98 Å². The Morgan fingerprint density at radius 2 is 1.57 bits per heavy atom. The van der Waals surface area contributed by atoms with Gasteiger partial charge >= 0.3 is 0 Å². The monoisotopic (exact) mass is 276 g/mol. The van der Waals surface area contributed by atoms with Crippen LogP contribution in [-0.4, -0.2) is 12.1 Å². The lowest BCUT2D eigenvalue weighted by molar-refractivity contribution is 0.416. The standard InChI is InChI=1S/C18H16N2O/c1-21-17-12-6-5-10-15(17)16-11-7-13-18(20-16)19-14-8-3-2-4-9-14/h2-13H,1H3,(H,19,20). The molecule has 3 aromatic rings. The summed E-state index contributed by atoms with van der Waals surface area (Å²) in [7, 11) is 1.67. The molecule has 3 heteroatoms. The van der Waals surface area contributed by atoms with Gasteiger partial charge in [0.05, 0.1) is 12.8 Å². The van der Waals surface area contributed by atoms with Crippen LogP contribution in [0.15, 0.2) is 72.8 Å². The molecule has 0 spiro atoms. The van der Waals surface area contributed by atoms with Crippen LogP contribution in [0.2, 0.25) is 0 Å². The summed E-state index contributed by atoms with van der Waals surface area (Å²) in [6, 6.07) is 23.8. The molecule has 0 aliphatic heterocycles. The van der Waals surface area contributed by atoms with E-state index in [9.17, 15) is 0 Å². The largest absolute Gasteiger partial charge is 0.496 e.